The van der Waals surface area contributed by atoms with Crippen molar-refractivity contribution in [2.24, 2.45) is 0 Å². The van der Waals surface area contributed by atoms with Gasteiger partial charge in [-0.1, -0.05) is 6.92 Å². The van der Waals surface area contributed by atoms with Crippen LogP contribution in [0.5, 0.6) is 0 Å². The molecule has 126 valence electrons. The lowest BCUT2D eigenvalue weighted by atomic mass is 9.92. The summed E-state index contributed by atoms with van der Waals surface area (Å²) in [7, 11) is 0. The van der Waals surface area contributed by atoms with Crippen molar-refractivity contribution < 1.29 is 9.59 Å². The number of aryl methyl sites for hydroxylation is 3. The van der Waals surface area contributed by atoms with Gasteiger partial charge in [0.1, 0.15) is 6.29 Å². The molecular weight excluding hydrogens is 288 g/mol. The minimum absolute atomic E-state index is 0.136. The molecule has 4 heteroatoms. The standard InChI is InChI=1S/C17H24N2O.C2H4O/c1-7-14(16-9(2)8-10(3)18-16)17-11(4)15(13(6)20)12(5)19-17;1-2-3/h8,14,18-19H,7H2,1-6H3;2H,1H3. The van der Waals surface area contributed by atoms with E-state index >= 15 is 0 Å². The lowest BCUT2D eigenvalue weighted by Gasteiger charge is -2.15. The molecule has 0 saturated heterocycles. The summed E-state index contributed by atoms with van der Waals surface area (Å²) in [5.74, 6) is 0.423. The SMILES string of the molecule is CC=O.CCC(c1[nH]c(C)cc1C)c1[nH]c(C)c(C(C)=O)c1C. The van der Waals surface area contributed by atoms with E-state index in [1.165, 1.54) is 29.6 Å². The van der Waals surface area contributed by atoms with Crippen molar-refractivity contribution in [3.8, 4) is 0 Å². The van der Waals surface area contributed by atoms with Gasteiger partial charge in [-0.15, -0.1) is 0 Å². The van der Waals surface area contributed by atoms with Crippen LogP contribution in [-0.4, -0.2) is 22.0 Å². The Hall–Kier alpha value is -2.10. The Morgan fingerprint density at radius 2 is 1.74 bits per heavy atom. The average Bonchev–Trinajstić information content (AvgIpc) is 2.92. The second-order valence-corrected chi connectivity index (χ2v) is 5.97. The molecule has 2 rings (SSSR count). The van der Waals surface area contributed by atoms with E-state index in [0.717, 1.165) is 29.5 Å². The first kappa shape index (κ1) is 18.9. The molecule has 4 nitrogen and oxygen atoms in total. The number of H-pyrrole nitrogens is 2. The second kappa shape index (κ2) is 7.95. The number of rotatable bonds is 4. The molecule has 2 aromatic rings. The van der Waals surface area contributed by atoms with Crippen LogP contribution < -0.4 is 0 Å². The number of ketones is 1. The maximum absolute atomic E-state index is 11.8. The van der Waals surface area contributed by atoms with E-state index in [1.807, 2.05) is 13.8 Å². The van der Waals surface area contributed by atoms with Crippen LogP contribution >= 0.6 is 0 Å². The van der Waals surface area contributed by atoms with Crippen LogP contribution in [0.2, 0.25) is 0 Å². The van der Waals surface area contributed by atoms with E-state index in [9.17, 15) is 4.79 Å². The molecule has 0 aliphatic carbocycles. The van der Waals surface area contributed by atoms with Crippen LogP contribution in [-0.2, 0) is 4.79 Å². The smallest absolute Gasteiger partial charge is 0.161 e. The molecule has 0 amide bonds. The number of nitrogens with one attached hydrogen (secondary N) is 2. The summed E-state index contributed by atoms with van der Waals surface area (Å²) in [6.45, 7) is 13.5. The van der Waals surface area contributed by atoms with Gasteiger partial charge in [0.25, 0.3) is 0 Å². The molecule has 2 aromatic heterocycles. The number of Topliss-reactive ketones (excluding diaryl/α,β-unsaturated/α-hetero) is 1. The van der Waals surface area contributed by atoms with Crippen LogP contribution in [0, 0.1) is 27.7 Å². The van der Waals surface area contributed by atoms with Gasteiger partial charge < -0.3 is 14.8 Å². The first-order valence-corrected chi connectivity index (χ1v) is 8.04. The van der Waals surface area contributed by atoms with Crippen molar-refractivity contribution >= 4 is 12.1 Å². The van der Waals surface area contributed by atoms with Crippen LogP contribution in [0.15, 0.2) is 6.07 Å². The molecule has 0 fully saturated rings. The number of hydrogen-bond donors (Lipinski definition) is 2. The molecule has 0 aliphatic heterocycles. The molecule has 1 unspecified atom stereocenters. The number of carbonyl (C=O) groups is 2. The van der Waals surface area contributed by atoms with Crippen molar-refractivity contribution in [3.05, 3.63) is 45.5 Å². The van der Waals surface area contributed by atoms with E-state index in [4.69, 9.17) is 4.79 Å². The summed E-state index contributed by atoms with van der Waals surface area (Å²) < 4.78 is 0. The monoisotopic (exact) mass is 316 g/mol. The third-order valence-corrected chi connectivity index (χ3v) is 4.12. The minimum atomic E-state index is 0.136. The molecule has 1 atom stereocenters. The summed E-state index contributed by atoms with van der Waals surface area (Å²) >= 11 is 0. The largest absolute Gasteiger partial charge is 0.362 e. The fraction of sp³-hybridized carbons (Fsp3) is 0.474. The Bertz CT molecular complexity index is 693. The summed E-state index contributed by atoms with van der Waals surface area (Å²) in [4.78, 5) is 27.5. The minimum Gasteiger partial charge on any atom is -0.362 e. The molecular formula is C19H28N2O2. The van der Waals surface area contributed by atoms with Crippen molar-refractivity contribution in [3.63, 3.8) is 0 Å². The Morgan fingerprint density at radius 1 is 1.17 bits per heavy atom. The van der Waals surface area contributed by atoms with Gasteiger partial charge in [0.2, 0.25) is 0 Å². The zero-order chi connectivity index (χ0) is 17.7. The Morgan fingerprint density at radius 3 is 2.09 bits per heavy atom. The van der Waals surface area contributed by atoms with Crippen LogP contribution in [0.25, 0.3) is 0 Å². The molecule has 0 radical (unpaired) electrons. The molecule has 0 bridgehead atoms. The highest BCUT2D eigenvalue weighted by molar-refractivity contribution is 5.97. The van der Waals surface area contributed by atoms with E-state index < -0.39 is 0 Å². The Labute approximate surface area is 138 Å². The predicted octanol–water partition coefficient (Wildman–Crippen LogP) is 4.53. The van der Waals surface area contributed by atoms with Gasteiger partial charge in [-0.25, -0.2) is 0 Å². The summed E-state index contributed by atoms with van der Waals surface area (Å²) in [5.41, 5.74) is 7.80. The number of aldehydes is 1. The first-order chi connectivity index (χ1) is 10.8. The average molecular weight is 316 g/mol. The lowest BCUT2D eigenvalue weighted by molar-refractivity contribution is -0.106. The van der Waals surface area contributed by atoms with Crippen molar-refractivity contribution in [1.82, 2.24) is 9.97 Å². The predicted molar refractivity (Wildman–Crippen MR) is 94.4 cm³/mol. The molecule has 0 saturated carbocycles. The highest BCUT2D eigenvalue weighted by Gasteiger charge is 2.23. The third-order valence-electron chi connectivity index (χ3n) is 4.12. The molecule has 0 aliphatic rings. The highest BCUT2D eigenvalue weighted by Crippen LogP contribution is 2.33. The van der Waals surface area contributed by atoms with Gasteiger partial charge in [0.15, 0.2) is 5.78 Å². The normalized spacial score (nSPS) is 11.6. The Kier molecular flexibility index (Phi) is 6.55. The molecule has 0 aromatic carbocycles. The topological polar surface area (TPSA) is 65.7 Å². The number of aromatic amines is 2. The quantitative estimate of drug-likeness (QED) is 0.643. The van der Waals surface area contributed by atoms with Gasteiger partial charge in [-0.05, 0) is 65.2 Å². The van der Waals surface area contributed by atoms with E-state index in [1.54, 1.807) is 6.92 Å². The second-order valence-electron chi connectivity index (χ2n) is 5.97. The summed E-state index contributed by atoms with van der Waals surface area (Å²) in [6, 6.07) is 2.18. The van der Waals surface area contributed by atoms with Gasteiger partial charge in [0, 0.05) is 34.3 Å². The zero-order valence-electron chi connectivity index (χ0n) is 15.3. The van der Waals surface area contributed by atoms with Gasteiger partial charge in [-0.3, -0.25) is 4.79 Å². The van der Waals surface area contributed by atoms with Gasteiger partial charge >= 0.3 is 0 Å². The zero-order valence-corrected chi connectivity index (χ0v) is 15.3. The van der Waals surface area contributed by atoms with Crippen LogP contribution in [0.4, 0.5) is 0 Å². The van der Waals surface area contributed by atoms with Crippen molar-refractivity contribution in [1.29, 1.82) is 0 Å². The van der Waals surface area contributed by atoms with Gasteiger partial charge in [-0.2, -0.15) is 0 Å². The lowest BCUT2D eigenvalue weighted by Crippen LogP contribution is -2.05. The first-order valence-electron chi connectivity index (χ1n) is 8.04. The van der Waals surface area contributed by atoms with Crippen molar-refractivity contribution in [2.45, 2.75) is 60.8 Å². The highest BCUT2D eigenvalue weighted by atomic mass is 16.1. The third kappa shape index (κ3) is 4.01. The van der Waals surface area contributed by atoms with E-state index in [2.05, 4.69) is 36.8 Å². The van der Waals surface area contributed by atoms with Crippen LogP contribution in [0.3, 0.4) is 0 Å². The summed E-state index contributed by atoms with van der Waals surface area (Å²) in [6.07, 6.45) is 1.75. The molecule has 0 spiro atoms. The van der Waals surface area contributed by atoms with Gasteiger partial charge in [0.05, 0.1) is 0 Å². The van der Waals surface area contributed by atoms with Crippen molar-refractivity contribution in [2.75, 3.05) is 0 Å². The van der Waals surface area contributed by atoms with E-state index in [0.29, 0.717) is 0 Å². The summed E-state index contributed by atoms with van der Waals surface area (Å²) in [5, 5.41) is 0. The fourth-order valence-electron chi connectivity index (χ4n) is 3.31. The number of carbonyl (C=O) groups excluding carboxylic acids is 2. The molecule has 23 heavy (non-hydrogen) atoms. The maximum Gasteiger partial charge on any atom is 0.161 e. The van der Waals surface area contributed by atoms with E-state index in [-0.39, 0.29) is 11.7 Å². The fourth-order valence-corrected chi connectivity index (χ4v) is 3.31. The van der Waals surface area contributed by atoms with Crippen LogP contribution in [0.1, 0.15) is 77.4 Å². The Balaban J connectivity index is 0.000000816. The molecule has 2 N–H and O–H groups in total. The molecule has 2 heterocycles. The number of hydrogen-bond acceptors (Lipinski definition) is 2. The maximum atomic E-state index is 11.8. The number of aromatic nitrogens is 2.